The Labute approximate surface area is 193 Å². The normalized spacial score (nSPS) is 11.3. The maximum atomic E-state index is 12.6. The van der Waals surface area contributed by atoms with Gasteiger partial charge in [0.1, 0.15) is 0 Å². The van der Waals surface area contributed by atoms with Crippen molar-refractivity contribution in [3.05, 3.63) is 71.5 Å². The van der Waals surface area contributed by atoms with Crippen molar-refractivity contribution in [3.8, 4) is 22.3 Å². The quantitative estimate of drug-likeness (QED) is 0.384. The van der Waals surface area contributed by atoms with Crippen LogP contribution < -0.4 is 5.73 Å². The van der Waals surface area contributed by atoms with Crippen LogP contribution in [-0.4, -0.2) is 36.0 Å². The highest BCUT2D eigenvalue weighted by molar-refractivity contribution is 6.02. The van der Waals surface area contributed by atoms with Crippen LogP contribution in [0.2, 0.25) is 0 Å². The van der Waals surface area contributed by atoms with Crippen LogP contribution in [0.5, 0.6) is 0 Å². The van der Waals surface area contributed by atoms with Gasteiger partial charge in [0.15, 0.2) is 0 Å². The number of hydrogen-bond donors (Lipinski definition) is 1. The van der Waals surface area contributed by atoms with Crippen LogP contribution in [0.4, 0.5) is 0 Å². The molecule has 0 saturated heterocycles. The molecule has 0 atom stereocenters. The fourth-order valence-corrected chi connectivity index (χ4v) is 4.52. The number of rotatable bonds is 11. The van der Waals surface area contributed by atoms with Gasteiger partial charge in [-0.2, -0.15) is 0 Å². The van der Waals surface area contributed by atoms with Crippen molar-refractivity contribution in [1.29, 1.82) is 0 Å². The summed E-state index contributed by atoms with van der Waals surface area (Å²) in [6.07, 6.45) is 5.46. The van der Waals surface area contributed by atoms with Gasteiger partial charge in [-0.15, -0.1) is 0 Å². The maximum Gasteiger partial charge on any atom is 0.251 e. The van der Waals surface area contributed by atoms with Gasteiger partial charge in [0.25, 0.3) is 5.91 Å². The molecule has 3 rings (SSSR count). The maximum absolute atomic E-state index is 12.6. The minimum Gasteiger partial charge on any atom is -0.366 e. The summed E-state index contributed by atoms with van der Waals surface area (Å²) in [6.45, 7) is 6.17. The number of amides is 1. The monoisotopic (exact) mass is 431 g/mol. The molecule has 0 radical (unpaired) electrons. The van der Waals surface area contributed by atoms with Crippen LogP contribution in [0.25, 0.3) is 22.3 Å². The molecular weight excluding hydrogens is 394 g/mol. The largest absolute Gasteiger partial charge is 0.366 e. The molecule has 0 unspecified atom stereocenters. The van der Waals surface area contributed by atoms with Gasteiger partial charge in [0, 0.05) is 23.5 Å². The number of carbonyl (C=O) groups excluding carboxylic acids is 1. The van der Waals surface area contributed by atoms with Gasteiger partial charge in [-0.1, -0.05) is 74.4 Å². The first-order chi connectivity index (χ1) is 15.4. The summed E-state index contributed by atoms with van der Waals surface area (Å²) in [5.74, 6) is -0.340. The first-order valence-electron chi connectivity index (χ1n) is 11.8. The van der Waals surface area contributed by atoms with Crippen molar-refractivity contribution >= 4 is 5.91 Å². The molecular formula is C28H37N3O. The molecule has 4 heteroatoms. The lowest BCUT2D eigenvalue weighted by molar-refractivity contribution is 0.1000. The molecule has 3 aromatic rings. The number of carbonyl (C=O) groups is 1. The fourth-order valence-electron chi connectivity index (χ4n) is 4.52. The highest BCUT2D eigenvalue weighted by Crippen LogP contribution is 2.35. The van der Waals surface area contributed by atoms with Gasteiger partial charge in [-0.05, 0) is 63.5 Å². The van der Waals surface area contributed by atoms with Gasteiger partial charge in [0.2, 0.25) is 0 Å². The van der Waals surface area contributed by atoms with E-state index in [1.54, 1.807) is 0 Å². The van der Waals surface area contributed by atoms with Crippen molar-refractivity contribution in [2.45, 2.75) is 52.5 Å². The van der Waals surface area contributed by atoms with Gasteiger partial charge in [-0.3, -0.25) is 4.79 Å². The highest BCUT2D eigenvalue weighted by Gasteiger charge is 2.24. The minimum absolute atomic E-state index is 0.340. The Kier molecular flexibility index (Phi) is 8.29. The van der Waals surface area contributed by atoms with E-state index in [1.165, 1.54) is 29.7 Å². The van der Waals surface area contributed by atoms with Crippen LogP contribution in [0.1, 0.15) is 54.4 Å². The molecule has 0 aliphatic carbocycles. The molecule has 0 saturated carbocycles. The van der Waals surface area contributed by atoms with Crippen LogP contribution in [0.3, 0.4) is 0 Å². The van der Waals surface area contributed by atoms with E-state index in [-0.39, 0.29) is 5.91 Å². The molecule has 4 nitrogen and oxygen atoms in total. The third kappa shape index (κ3) is 5.49. The SMILES string of the molecule is CCCCCc1c(-c2ccc(-c3ccccc3)cc2)c(C(N)=O)c(C)n1CCCN(C)C. The van der Waals surface area contributed by atoms with Crippen molar-refractivity contribution in [2.24, 2.45) is 5.73 Å². The Hall–Kier alpha value is -2.85. The van der Waals surface area contributed by atoms with Gasteiger partial charge >= 0.3 is 0 Å². The third-order valence-electron chi connectivity index (χ3n) is 6.16. The molecule has 170 valence electrons. The number of hydrogen-bond acceptors (Lipinski definition) is 2. The van der Waals surface area contributed by atoms with Crippen LogP contribution >= 0.6 is 0 Å². The van der Waals surface area contributed by atoms with Crippen LogP contribution in [-0.2, 0) is 13.0 Å². The molecule has 1 heterocycles. The van der Waals surface area contributed by atoms with E-state index in [0.717, 1.165) is 49.2 Å². The summed E-state index contributed by atoms with van der Waals surface area (Å²) < 4.78 is 2.35. The molecule has 0 aliphatic heterocycles. The minimum atomic E-state index is -0.340. The molecule has 0 fully saturated rings. The zero-order valence-corrected chi connectivity index (χ0v) is 20.0. The average molecular weight is 432 g/mol. The number of primary amides is 1. The zero-order valence-electron chi connectivity index (χ0n) is 20.0. The Morgan fingerprint density at radius 3 is 2.12 bits per heavy atom. The summed E-state index contributed by atoms with van der Waals surface area (Å²) in [5.41, 5.74) is 13.3. The molecule has 1 aromatic heterocycles. The number of benzene rings is 2. The fraction of sp³-hybridized carbons (Fsp3) is 0.393. The van der Waals surface area contributed by atoms with Crippen LogP contribution in [0, 0.1) is 6.92 Å². The Balaban J connectivity index is 2.06. The summed E-state index contributed by atoms with van der Waals surface area (Å²) in [4.78, 5) is 14.8. The number of aromatic nitrogens is 1. The average Bonchev–Trinajstić information content (AvgIpc) is 3.06. The first kappa shape index (κ1) is 23.8. The summed E-state index contributed by atoms with van der Waals surface area (Å²) in [7, 11) is 4.19. The number of nitrogens with two attached hydrogens (primary N) is 1. The second-order valence-electron chi connectivity index (χ2n) is 8.86. The van der Waals surface area contributed by atoms with Crippen molar-refractivity contribution in [2.75, 3.05) is 20.6 Å². The number of nitrogens with zero attached hydrogens (tertiary/aromatic N) is 2. The van der Waals surface area contributed by atoms with Crippen molar-refractivity contribution in [1.82, 2.24) is 9.47 Å². The highest BCUT2D eigenvalue weighted by atomic mass is 16.1. The Morgan fingerprint density at radius 2 is 1.53 bits per heavy atom. The standard InChI is InChI=1S/C28H37N3O/c1-5-6-8-14-25-27(24-17-15-23(16-18-24)22-12-9-7-10-13-22)26(28(29)32)21(2)31(25)20-11-19-30(3)4/h7,9-10,12-13,15-18H,5-6,8,11,14,19-20H2,1-4H3,(H2,29,32). The van der Waals surface area contributed by atoms with E-state index in [1.807, 2.05) is 13.0 Å². The van der Waals surface area contributed by atoms with Crippen molar-refractivity contribution < 1.29 is 4.79 Å². The van der Waals surface area contributed by atoms with Crippen LogP contribution in [0.15, 0.2) is 54.6 Å². The lowest BCUT2D eigenvalue weighted by atomic mass is 9.95. The predicted octanol–water partition coefficient (Wildman–Crippen LogP) is 5.91. The number of unbranched alkanes of at least 4 members (excludes halogenated alkanes) is 2. The molecule has 32 heavy (non-hydrogen) atoms. The second kappa shape index (κ2) is 11.1. The summed E-state index contributed by atoms with van der Waals surface area (Å²) in [6, 6.07) is 18.9. The van der Waals surface area contributed by atoms with E-state index in [2.05, 4.69) is 79.0 Å². The van der Waals surface area contributed by atoms with E-state index in [0.29, 0.717) is 5.56 Å². The molecule has 2 N–H and O–H groups in total. The molecule has 0 aliphatic rings. The summed E-state index contributed by atoms with van der Waals surface area (Å²) >= 11 is 0. The smallest absolute Gasteiger partial charge is 0.251 e. The molecule has 2 aromatic carbocycles. The molecule has 0 spiro atoms. The molecule has 0 bridgehead atoms. The van der Waals surface area contributed by atoms with Crippen molar-refractivity contribution in [3.63, 3.8) is 0 Å². The second-order valence-corrected chi connectivity index (χ2v) is 8.86. The van der Waals surface area contributed by atoms with Gasteiger partial charge in [-0.25, -0.2) is 0 Å². The topological polar surface area (TPSA) is 51.3 Å². The zero-order chi connectivity index (χ0) is 23.1. The van der Waals surface area contributed by atoms with E-state index < -0.39 is 0 Å². The summed E-state index contributed by atoms with van der Waals surface area (Å²) in [5, 5.41) is 0. The predicted molar refractivity (Wildman–Crippen MR) is 135 cm³/mol. The Bertz CT molecular complexity index is 1020. The first-order valence-corrected chi connectivity index (χ1v) is 11.8. The van der Waals surface area contributed by atoms with E-state index >= 15 is 0 Å². The van der Waals surface area contributed by atoms with Gasteiger partial charge in [0.05, 0.1) is 5.56 Å². The lowest BCUT2D eigenvalue weighted by Crippen LogP contribution is -2.17. The van der Waals surface area contributed by atoms with E-state index in [9.17, 15) is 4.79 Å². The Morgan fingerprint density at radius 1 is 0.906 bits per heavy atom. The molecule has 1 amide bonds. The lowest BCUT2D eigenvalue weighted by Gasteiger charge is -2.15. The van der Waals surface area contributed by atoms with Gasteiger partial charge < -0.3 is 15.2 Å². The third-order valence-corrected chi connectivity index (χ3v) is 6.16. The van der Waals surface area contributed by atoms with E-state index in [4.69, 9.17) is 5.73 Å².